The number of benzene rings is 2. The van der Waals surface area contributed by atoms with Crippen LogP contribution in [0.3, 0.4) is 0 Å². The number of rotatable bonds is 1. The zero-order valence-corrected chi connectivity index (χ0v) is 12.7. The quantitative estimate of drug-likeness (QED) is 0.791. The molecule has 2 nitrogen and oxygen atoms in total. The molecule has 0 amide bonds. The molecule has 1 heterocycles. The third kappa shape index (κ3) is 2.60. The minimum Gasteiger partial charge on any atom is -0.371 e. The summed E-state index contributed by atoms with van der Waals surface area (Å²) in [7, 11) is 0. The highest BCUT2D eigenvalue weighted by atomic mass is 16.5. The molecule has 1 unspecified atom stereocenters. The van der Waals surface area contributed by atoms with Gasteiger partial charge in [-0.2, -0.15) is 0 Å². The summed E-state index contributed by atoms with van der Waals surface area (Å²) in [6.07, 6.45) is 4.58. The third-order valence-corrected chi connectivity index (χ3v) is 4.52. The van der Waals surface area contributed by atoms with Crippen LogP contribution in [0.2, 0.25) is 0 Å². The molecule has 0 aromatic heterocycles. The van der Waals surface area contributed by atoms with Crippen molar-refractivity contribution in [1.82, 2.24) is 5.32 Å². The molecule has 1 atom stereocenters. The first-order chi connectivity index (χ1) is 10.9. The number of nitrogens with zero attached hydrogens (tertiary/aromatic N) is 1. The smallest absolute Gasteiger partial charge is 0.0906 e. The number of fused-ring (bicyclic) bond motifs is 2. The van der Waals surface area contributed by atoms with Crippen molar-refractivity contribution in [3.8, 4) is 0 Å². The van der Waals surface area contributed by atoms with Crippen LogP contribution in [0.5, 0.6) is 0 Å². The summed E-state index contributed by atoms with van der Waals surface area (Å²) in [5, 5.41) is 4.49. The lowest BCUT2D eigenvalue weighted by atomic mass is 9.92. The largest absolute Gasteiger partial charge is 0.371 e. The van der Waals surface area contributed by atoms with Crippen LogP contribution in [0.15, 0.2) is 54.6 Å². The second-order valence-corrected chi connectivity index (χ2v) is 5.93. The molecule has 4 rings (SSSR count). The van der Waals surface area contributed by atoms with Crippen molar-refractivity contribution in [1.29, 1.82) is 0 Å². The van der Waals surface area contributed by atoms with Gasteiger partial charge in [0.15, 0.2) is 0 Å². The van der Waals surface area contributed by atoms with E-state index in [1.165, 1.54) is 27.8 Å². The minimum absolute atomic E-state index is 0.1000. The topological polar surface area (TPSA) is 23.3 Å². The van der Waals surface area contributed by atoms with E-state index in [2.05, 4.69) is 59.9 Å². The van der Waals surface area contributed by atoms with Crippen LogP contribution in [-0.2, 0) is 17.6 Å². The maximum Gasteiger partial charge on any atom is 0.0906 e. The molecule has 22 heavy (non-hydrogen) atoms. The molecule has 2 aromatic rings. The molecule has 2 aromatic carbocycles. The van der Waals surface area contributed by atoms with Crippen LogP contribution in [0.1, 0.15) is 22.3 Å². The average molecular weight is 290 g/mol. The highest BCUT2D eigenvalue weighted by Crippen LogP contribution is 2.33. The van der Waals surface area contributed by atoms with Gasteiger partial charge in [-0.3, -0.25) is 0 Å². The Morgan fingerprint density at radius 3 is 2.14 bits per heavy atom. The molecule has 1 aliphatic carbocycles. The molecular formula is C20H20NO. The van der Waals surface area contributed by atoms with Crippen molar-refractivity contribution in [2.75, 3.05) is 19.7 Å². The fourth-order valence-electron chi connectivity index (χ4n) is 3.42. The van der Waals surface area contributed by atoms with Crippen molar-refractivity contribution in [2.24, 2.45) is 0 Å². The molecule has 1 saturated heterocycles. The van der Waals surface area contributed by atoms with Gasteiger partial charge in [0.1, 0.15) is 0 Å². The fourth-order valence-corrected chi connectivity index (χ4v) is 3.42. The summed E-state index contributed by atoms with van der Waals surface area (Å²) >= 11 is 0. The van der Waals surface area contributed by atoms with E-state index in [-0.39, 0.29) is 6.10 Å². The van der Waals surface area contributed by atoms with Crippen LogP contribution in [0.25, 0.3) is 5.57 Å². The van der Waals surface area contributed by atoms with E-state index < -0.39 is 0 Å². The first-order valence-electron chi connectivity index (χ1n) is 8.05. The van der Waals surface area contributed by atoms with Gasteiger partial charge in [-0.25, -0.2) is 5.32 Å². The molecule has 2 heteroatoms. The Kier molecular flexibility index (Phi) is 3.79. The molecule has 2 aliphatic rings. The van der Waals surface area contributed by atoms with Crippen LogP contribution in [-0.4, -0.2) is 25.8 Å². The predicted octanol–water partition coefficient (Wildman–Crippen LogP) is 3.22. The van der Waals surface area contributed by atoms with E-state index in [4.69, 9.17) is 4.74 Å². The molecular weight excluding hydrogens is 270 g/mol. The van der Waals surface area contributed by atoms with Crippen LogP contribution < -0.4 is 5.32 Å². The predicted molar refractivity (Wildman–Crippen MR) is 89.0 cm³/mol. The third-order valence-electron chi connectivity index (χ3n) is 4.52. The number of ether oxygens (including phenoxy) is 1. The van der Waals surface area contributed by atoms with E-state index in [0.717, 1.165) is 32.5 Å². The first-order valence-corrected chi connectivity index (χ1v) is 8.05. The summed E-state index contributed by atoms with van der Waals surface area (Å²) < 4.78 is 5.88. The van der Waals surface area contributed by atoms with Crippen molar-refractivity contribution in [3.63, 3.8) is 0 Å². The van der Waals surface area contributed by atoms with Gasteiger partial charge in [-0.1, -0.05) is 48.5 Å². The van der Waals surface area contributed by atoms with Gasteiger partial charge in [0.2, 0.25) is 0 Å². The zero-order chi connectivity index (χ0) is 14.8. The number of hydrogen-bond donors (Lipinski definition) is 0. The normalized spacial score (nSPS) is 20.7. The Bertz CT molecular complexity index is 649. The molecule has 0 N–H and O–H groups in total. The highest BCUT2D eigenvalue weighted by Gasteiger charge is 2.20. The maximum absolute atomic E-state index is 5.88. The Labute approximate surface area is 131 Å². The Hall–Kier alpha value is -1.90. The van der Waals surface area contributed by atoms with E-state index in [1.807, 2.05) is 0 Å². The Morgan fingerprint density at radius 1 is 0.909 bits per heavy atom. The van der Waals surface area contributed by atoms with Gasteiger partial charge >= 0.3 is 0 Å². The molecule has 1 fully saturated rings. The Balaban J connectivity index is 1.85. The molecule has 1 aliphatic heterocycles. The molecule has 0 spiro atoms. The van der Waals surface area contributed by atoms with Gasteiger partial charge in [-0.05, 0) is 46.7 Å². The van der Waals surface area contributed by atoms with Gasteiger partial charge < -0.3 is 4.74 Å². The van der Waals surface area contributed by atoms with Crippen molar-refractivity contribution in [3.05, 3.63) is 76.9 Å². The van der Waals surface area contributed by atoms with E-state index >= 15 is 0 Å². The van der Waals surface area contributed by atoms with Crippen molar-refractivity contribution >= 4 is 5.57 Å². The fraction of sp³-hybridized carbons (Fsp3) is 0.300. The lowest BCUT2D eigenvalue weighted by molar-refractivity contribution is 0.0577. The first kappa shape index (κ1) is 13.7. The van der Waals surface area contributed by atoms with Gasteiger partial charge in [0.25, 0.3) is 0 Å². The SMILES string of the molecule is C(=C1c2ccccc2CCc2ccccc21)C1C[N]CCO1. The summed E-state index contributed by atoms with van der Waals surface area (Å²) in [4.78, 5) is 0. The standard InChI is InChI=1S/C20H20NO/c1-3-7-18-15(5-1)9-10-16-6-2-4-8-19(16)20(18)13-17-14-21-11-12-22-17/h1-8,13,17H,9-12,14H2. The lowest BCUT2D eigenvalue weighted by Crippen LogP contribution is -2.32. The van der Waals surface area contributed by atoms with Crippen LogP contribution >= 0.6 is 0 Å². The number of morpholine rings is 1. The van der Waals surface area contributed by atoms with Gasteiger partial charge in [0.05, 0.1) is 12.7 Å². The second-order valence-electron chi connectivity index (χ2n) is 5.93. The Morgan fingerprint density at radius 2 is 1.55 bits per heavy atom. The van der Waals surface area contributed by atoms with E-state index in [1.54, 1.807) is 0 Å². The maximum atomic E-state index is 5.88. The average Bonchev–Trinajstić information content (AvgIpc) is 2.74. The zero-order valence-electron chi connectivity index (χ0n) is 12.7. The van der Waals surface area contributed by atoms with Crippen molar-refractivity contribution < 1.29 is 4.74 Å². The molecule has 1 radical (unpaired) electrons. The van der Waals surface area contributed by atoms with Gasteiger partial charge in [0, 0.05) is 13.1 Å². The van der Waals surface area contributed by atoms with Gasteiger partial charge in [-0.15, -0.1) is 0 Å². The number of hydrogen-bond acceptors (Lipinski definition) is 1. The highest BCUT2D eigenvalue weighted by molar-refractivity contribution is 5.84. The summed E-state index contributed by atoms with van der Waals surface area (Å²) in [6, 6.07) is 17.5. The monoisotopic (exact) mass is 290 g/mol. The summed E-state index contributed by atoms with van der Waals surface area (Å²) in [6.45, 7) is 2.33. The molecule has 0 bridgehead atoms. The summed E-state index contributed by atoms with van der Waals surface area (Å²) in [5.74, 6) is 0. The van der Waals surface area contributed by atoms with Crippen LogP contribution in [0, 0.1) is 0 Å². The summed E-state index contributed by atoms with van der Waals surface area (Å²) in [5.41, 5.74) is 6.87. The second kappa shape index (κ2) is 6.07. The number of aryl methyl sites for hydroxylation is 2. The van der Waals surface area contributed by atoms with E-state index in [9.17, 15) is 0 Å². The minimum atomic E-state index is 0.1000. The lowest BCUT2D eigenvalue weighted by Gasteiger charge is -2.22. The molecule has 111 valence electrons. The molecule has 0 saturated carbocycles. The van der Waals surface area contributed by atoms with E-state index in [0.29, 0.717) is 0 Å². The van der Waals surface area contributed by atoms with Crippen molar-refractivity contribution in [2.45, 2.75) is 18.9 Å². The van der Waals surface area contributed by atoms with Crippen LogP contribution in [0.4, 0.5) is 0 Å².